The molecule has 0 saturated carbocycles. The molecule has 7 heteroatoms. The SMILES string of the molecule is O=C(O)c1c(C(F)F)[nH]cc(Br)c1=O. The zero-order chi connectivity index (χ0) is 10.9. The Morgan fingerprint density at radius 1 is 1.57 bits per heavy atom. The van der Waals surface area contributed by atoms with Crippen molar-refractivity contribution in [2.75, 3.05) is 0 Å². The van der Waals surface area contributed by atoms with Crippen LogP contribution in [0.15, 0.2) is 15.5 Å². The van der Waals surface area contributed by atoms with E-state index in [0.717, 1.165) is 6.20 Å². The van der Waals surface area contributed by atoms with Crippen molar-refractivity contribution in [2.24, 2.45) is 0 Å². The minimum atomic E-state index is -3.03. The maximum Gasteiger partial charge on any atom is 0.341 e. The maximum absolute atomic E-state index is 12.3. The summed E-state index contributed by atoms with van der Waals surface area (Å²) in [6.07, 6.45) is -2.04. The molecule has 0 amide bonds. The lowest BCUT2D eigenvalue weighted by molar-refractivity contribution is 0.0680. The van der Waals surface area contributed by atoms with Crippen LogP contribution in [0.4, 0.5) is 8.78 Å². The van der Waals surface area contributed by atoms with E-state index in [1.54, 1.807) is 0 Å². The van der Waals surface area contributed by atoms with Crippen molar-refractivity contribution in [1.82, 2.24) is 4.98 Å². The number of aromatic carboxylic acids is 1. The summed E-state index contributed by atoms with van der Waals surface area (Å²) >= 11 is 2.75. The van der Waals surface area contributed by atoms with Crippen molar-refractivity contribution in [2.45, 2.75) is 6.43 Å². The molecule has 0 saturated heterocycles. The van der Waals surface area contributed by atoms with Gasteiger partial charge in [0.05, 0.1) is 4.47 Å². The predicted octanol–water partition coefficient (Wildman–Crippen LogP) is 1.77. The predicted molar refractivity (Wildman–Crippen MR) is 46.7 cm³/mol. The van der Waals surface area contributed by atoms with Crippen molar-refractivity contribution in [1.29, 1.82) is 0 Å². The number of carbonyl (C=O) groups is 1. The first kappa shape index (κ1) is 10.8. The number of alkyl halides is 2. The molecule has 0 spiro atoms. The van der Waals surface area contributed by atoms with Crippen LogP contribution in [-0.2, 0) is 0 Å². The first-order valence-electron chi connectivity index (χ1n) is 3.37. The quantitative estimate of drug-likeness (QED) is 0.858. The van der Waals surface area contributed by atoms with Crippen LogP contribution in [0.1, 0.15) is 22.5 Å². The molecule has 1 rings (SSSR count). The van der Waals surface area contributed by atoms with E-state index in [4.69, 9.17) is 5.11 Å². The van der Waals surface area contributed by atoms with Gasteiger partial charge in [0.2, 0.25) is 5.43 Å². The van der Waals surface area contributed by atoms with Gasteiger partial charge in [0, 0.05) is 6.20 Å². The fourth-order valence-corrected chi connectivity index (χ4v) is 1.22. The van der Waals surface area contributed by atoms with Crippen molar-refractivity contribution in [3.8, 4) is 0 Å². The highest BCUT2D eigenvalue weighted by Crippen LogP contribution is 2.19. The number of hydrogen-bond donors (Lipinski definition) is 2. The molecule has 0 aliphatic heterocycles. The zero-order valence-corrected chi connectivity index (χ0v) is 8.14. The van der Waals surface area contributed by atoms with Crippen LogP contribution < -0.4 is 5.43 Å². The summed E-state index contributed by atoms with van der Waals surface area (Å²) in [6.45, 7) is 0. The van der Waals surface area contributed by atoms with Crippen LogP contribution in [-0.4, -0.2) is 16.1 Å². The number of carboxylic acid groups (broad SMARTS) is 1. The molecule has 0 aromatic carbocycles. The summed E-state index contributed by atoms with van der Waals surface area (Å²) in [5.41, 5.74) is -2.79. The van der Waals surface area contributed by atoms with E-state index in [-0.39, 0.29) is 4.47 Å². The fourth-order valence-electron chi connectivity index (χ4n) is 0.905. The second-order valence-electron chi connectivity index (χ2n) is 2.36. The second kappa shape index (κ2) is 3.87. The van der Waals surface area contributed by atoms with E-state index in [0.29, 0.717) is 0 Å². The summed E-state index contributed by atoms with van der Waals surface area (Å²) in [4.78, 5) is 23.7. The molecule has 0 fully saturated rings. The Balaban J connectivity index is 3.54. The topological polar surface area (TPSA) is 70.2 Å². The fraction of sp³-hybridized carbons (Fsp3) is 0.143. The van der Waals surface area contributed by atoms with Gasteiger partial charge < -0.3 is 10.1 Å². The molecule has 1 heterocycles. The Hall–Kier alpha value is -1.24. The molecule has 1 aromatic heterocycles. The molecule has 76 valence electrons. The number of H-pyrrole nitrogens is 1. The lowest BCUT2D eigenvalue weighted by Gasteiger charge is -2.04. The van der Waals surface area contributed by atoms with Crippen LogP contribution in [0.25, 0.3) is 0 Å². The molecule has 1 aromatic rings. The van der Waals surface area contributed by atoms with Crippen molar-refractivity contribution >= 4 is 21.9 Å². The highest BCUT2D eigenvalue weighted by molar-refractivity contribution is 9.10. The molecule has 0 unspecified atom stereocenters. The largest absolute Gasteiger partial charge is 0.477 e. The van der Waals surface area contributed by atoms with Crippen LogP contribution in [0.2, 0.25) is 0 Å². The maximum atomic E-state index is 12.3. The molecular weight excluding hydrogens is 264 g/mol. The molecular formula is C7H4BrF2NO3. The normalized spacial score (nSPS) is 10.6. The van der Waals surface area contributed by atoms with Gasteiger partial charge in [0.15, 0.2) is 0 Å². The van der Waals surface area contributed by atoms with E-state index in [1.807, 2.05) is 4.98 Å². The first-order chi connectivity index (χ1) is 6.45. The number of hydrogen-bond acceptors (Lipinski definition) is 2. The molecule has 14 heavy (non-hydrogen) atoms. The average Bonchev–Trinajstić information content (AvgIpc) is 2.08. The minimum Gasteiger partial charge on any atom is -0.477 e. The van der Waals surface area contributed by atoms with Gasteiger partial charge >= 0.3 is 5.97 Å². The average molecular weight is 268 g/mol. The summed E-state index contributed by atoms with van der Waals surface area (Å²) in [5.74, 6) is -1.68. The Morgan fingerprint density at radius 2 is 2.14 bits per heavy atom. The number of halogens is 3. The Morgan fingerprint density at radius 3 is 2.57 bits per heavy atom. The monoisotopic (exact) mass is 267 g/mol. The number of aromatic amines is 1. The van der Waals surface area contributed by atoms with Gasteiger partial charge in [-0.2, -0.15) is 0 Å². The van der Waals surface area contributed by atoms with Gasteiger partial charge in [-0.25, -0.2) is 13.6 Å². The van der Waals surface area contributed by atoms with E-state index < -0.39 is 29.1 Å². The molecule has 0 radical (unpaired) electrons. The van der Waals surface area contributed by atoms with Crippen molar-refractivity contribution in [3.05, 3.63) is 32.2 Å². The number of rotatable bonds is 2. The minimum absolute atomic E-state index is 0.0979. The number of pyridine rings is 1. The third-order valence-electron chi connectivity index (χ3n) is 1.50. The summed E-state index contributed by atoms with van der Waals surface area (Å²) in [7, 11) is 0. The lowest BCUT2D eigenvalue weighted by Crippen LogP contribution is -2.20. The summed E-state index contributed by atoms with van der Waals surface area (Å²) < 4.78 is 24.4. The van der Waals surface area contributed by atoms with Crippen LogP contribution in [0.3, 0.4) is 0 Å². The van der Waals surface area contributed by atoms with E-state index in [9.17, 15) is 18.4 Å². The smallest absolute Gasteiger partial charge is 0.341 e. The number of nitrogens with one attached hydrogen (secondary N) is 1. The summed E-state index contributed by atoms with van der Waals surface area (Å²) in [6, 6.07) is 0. The molecule has 0 aliphatic rings. The van der Waals surface area contributed by atoms with Crippen molar-refractivity contribution in [3.63, 3.8) is 0 Å². The van der Waals surface area contributed by atoms with E-state index >= 15 is 0 Å². The van der Waals surface area contributed by atoms with Crippen molar-refractivity contribution < 1.29 is 18.7 Å². The first-order valence-corrected chi connectivity index (χ1v) is 4.17. The molecule has 2 N–H and O–H groups in total. The van der Waals surface area contributed by atoms with Gasteiger partial charge in [-0.15, -0.1) is 0 Å². The van der Waals surface area contributed by atoms with E-state index in [1.165, 1.54) is 0 Å². The van der Waals surface area contributed by atoms with Gasteiger partial charge in [-0.1, -0.05) is 0 Å². The van der Waals surface area contributed by atoms with Gasteiger partial charge in [0.25, 0.3) is 6.43 Å². The molecule has 0 bridgehead atoms. The van der Waals surface area contributed by atoms with Crippen LogP contribution >= 0.6 is 15.9 Å². The molecule has 4 nitrogen and oxygen atoms in total. The third kappa shape index (κ3) is 1.82. The van der Waals surface area contributed by atoms with Crippen LogP contribution in [0, 0.1) is 0 Å². The summed E-state index contributed by atoms with van der Waals surface area (Å²) in [5, 5.41) is 8.55. The highest BCUT2D eigenvalue weighted by atomic mass is 79.9. The third-order valence-corrected chi connectivity index (χ3v) is 2.09. The number of aromatic nitrogens is 1. The van der Waals surface area contributed by atoms with E-state index in [2.05, 4.69) is 15.9 Å². The highest BCUT2D eigenvalue weighted by Gasteiger charge is 2.22. The van der Waals surface area contributed by atoms with Gasteiger partial charge in [0.1, 0.15) is 11.3 Å². The molecule has 0 atom stereocenters. The second-order valence-corrected chi connectivity index (χ2v) is 3.21. The molecule has 0 aliphatic carbocycles. The Kier molecular flexibility index (Phi) is 3.00. The van der Waals surface area contributed by atoms with Gasteiger partial charge in [-0.05, 0) is 15.9 Å². The van der Waals surface area contributed by atoms with Gasteiger partial charge in [-0.3, -0.25) is 4.79 Å². The standard InChI is InChI=1S/C7H4BrF2NO3/c8-2-1-11-4(6(9)10)3(5(2)12)7(13)14/h1,6H,(H,11,12)(H,13,14). The zero-order valence-electron chi connectivity index (χ0n) is 6.55. The Labute approximate surface area is 84.7 Å². The van der Waals surface area contributed by atoms with Crippen LogP contribution in [0.5, 0.6) is 0 Å². The number of carboxylic acids is 1. The Bertz CT molecular complexity index is 429. The lowest BCUT2D eigenvalue weighted by atomic mass is 10.2.